The summed E-state index contributed by atoms with van der Waals surface area (Å²) in [5.41, 5.74) is 2.72. The first kappa shape index (κ1) is 17.4. The molecule has 0 fully saturated rings. The van der Waals surface area contributed by atoms with Gasteiger partial charge in [0, 0.05) is 6.20 Å². The molecule has 1 atom stereocenters. The van der Waals surface area contributed by atoms with Crippen molar-refractivity contribution in [1.82, 2.24) is 14.8 Å². The van der Waals surface area contributed by atoms with Crippen LogP contribution in [0.25, 0.3) is 11.0 Å². The number of halogens is 1. The van der Waals surface area contributed by atoms with Gasteiger partial charge in [0.25, 0.3) is 0 Å². The quantitative estimate of drug-likeness (QED) is 0.751. The van der Waals surface area contributed by atoms with E-state index in [1.165, 1.54) is 0 Å². The molecular weight excluding hydrogens is 314 g/mol. The van der Waals surface area contributed by atoms with Crippen LogP contribution in [0.3, 0.4) is 0 Å². The van der Waals surface area contributed by atoms with Crippen molar-refractivity contribution < 1.29 is 4.43 Å². The Morgan fingerprint density at radius 3 is 2.59 bits per heavy atom. The lowest BCUT2D eigenvalue weighted by molar-refractivity contribution is 0.174. The highest BCUT2D eigenvalue weighted by Gasteiger charge is 2.38. The Morgan fingerprint density at radius 1 is 1.36 bits per heavy atom. The molecule has 0 spiro atoms. The fourth-order valence-electron chi connectivity index (χ4n) is 2.18. The topological polar surface area (TPSA) is 39.9 Å². The molecule has 6 heteroatoms. The summed E-state index contributed by atoms with van der Waals surface area (Å²) >= 11 is 6.11. The minimum Gasteiger partial charge on any atom is -0.412 e. The first-order chi connectivity index (χ1) is 10.0. The first-order valence-corrected chi connectivity index (χ1v) is 11.0. The molecule has 0 aliphatic carbocycles. The standard InChI is InChI=1S/C16H26ClN3OSi/c1-11(21-22(6,7)16(3,4)5)9-20-10-14-15(19-20)12(2)13(17)8-18-14/h8,10-11H,9H2,1-7H3. The van der Waals surface area contributed by atoms with Gasteiger partial charge in [-0.3, -0.25) is 9.67 Å². The summed E-state index contributed by atoms with van der Waals surface area (Å²) in [6, 6.07) is 0. The van der Waals surface area contributed by atoms with Crippen molar-refractivity contribution in [2.45, 2.75) is 65.4 Å². The number of hydrogen-bond acceptors (Lipinski definition) is 3. The van der Waals surface area contributed by atoms with Gasteiger partial charge in [-0.25, -0.2) is 0 Å². The molecule has 22 heavy (non-hydrogen) atoms. The van der Waals surface area contributed by atoms with Gasteiger partial charge in [0.1, 0.15) is 11.0 Å². The van der Waals surface area contributed by atoms with Gasteiger partial charge in [0.2, 0.25) is 0 Å². The van der Waals surface area contributed by atoms with Crippen molar-refractivity contribution >= 4 is 31.0 Å². The normalized spacial score (nSPS) is 14.5. The smallest absolute Gasteiger partial charge is 0.192 e. The third-order valence-corrected chi connectivity index (χ3v) is 9.50. The summed E-state index contributed by atoms with van der Waals surface area (Å²) in [6.07, 6.45) is 3.76. The van der Waals surface area contributed by atoms with Gasteiger partial charge in [-0.15, -0.1) is 0 Å². The first-order valence-electron chi connectivity index (χ1n) is 7.67. The molecule has 4 nitrogen and oxygen atoms in total. The Labute approximate surface area is 139 Å². The molecule has 2 aromatic rings. The van der Waals surface area contributed by atoms with Gasteiger partial charge in [-0.2, -0.15) is 5.10 Å². The van der Waals surface area contributed by atoms with Crippen LogP contribution in [0.15, 0.2) is 12.4 Å². The molecule has 0 aliphatic heterocycles. The average Bonchev–Trinajstić information content (AvgIpc) is 2.75. The van der Waals surface area contributed by atoms with Crippen LogP contribution in [0.2, 0.25) is 23.2 Å². The molecule has 0 bridgehead atoms. The molecular formula is C16H26ClN3OSi. The number of pyridine rings is 1. The predicted octanol–water partition coefficient (Wildman–Crippen LogP) is 4.80. The molecule has 1 unspecified atom stereocenters. The van der Waals surface area contributed by atoms with Crippen LogP contribution in [-0.4, -0.2) is 29.2 Å². The largest absolute Gasteiger partial charge is 0.412 e. The van der Waals surface area contributed by atoms with E-state index >= 15 is 0 Å². The maximum absolute atomic E-state index is 6.39. The summed E-state index contributed by atoms with van der Waals surface area (Å²) in [6.45, 7) is 16.1. The summed E-state index contributed by atoms with van der Waals surface area (Å²) in [4.78, 5) is 4.34. The van der Waals surface area contributed by atoms with Crippen LogP contribution in [0.4, 0.5) is 0 Å². The monoisotopic (exact) mass is 339 g/mol. The molecule has 2 aromatic heterocycles. The lowest BCUT2D eigenvalue weighted by Gasteiger charge is -2.38. The van der Waals surface area contributed by atoms with Gasteiger partial charge in [-0.05, 0) is 37.5 Å². The van der Waals surface area contributed by atoms with Gasteiger partial charge in [0.05, 0.1) is 23.9 Å². The van der Waals surface area contributed by atoms with Crippen molar-refractivity contribution in [3.63, 3.8) is 0 Å². The zero-order valence-electron chi connectivity index (χ0n) is 14.6. The third-order valence-electron chi connectivity index (χ3n) is 4.52. The molecule has 122 valence electrons. The van der Waals surface area contributed by atoms with Crippen molar-refractivity contribution in [2.75, 3.05) is 0 Å². The second-order valence-corrected chi connectivity index (χ2v) is 12.7. The van der Waals surface area contributed by atoms with E-state index in [1.54, 1.807) is 6.20 Å². The van der Waals surface area contributed by atoms with Gasteiger partial charge < -0.3 is 4.43 Å². The molecule has 0 radical (unpaired) electrons. The van der Waals surface area contributed by atoms with Gasteiger partial charge in [-0.1, -0.05) is 32.4 Å². The minimum absolute atomic E-state index is 0.117. The summed E-state index contributed by atoms with van der Waals surface area (Å²) in [5.74, 6) is 0. The van der Waals surface area contributed by atoms with Crippen molar-refractivity contribution in [3.05, 3.63) is 23.0 Å². The highest BCUT2D eigenvalue weighted by molar-refractivity contribution is 6.74. The number of rotatable bonds is 4. The average molecular weight is 340 g/mol. The lowest BCUT2D eigenvalue weighted by atomic mass is 10.2. The second-order valence-electron chi connectivity index (χ2n) is 7.50. The van der Waals surface area contributed by atoms with E-state index in [-0.39, 0.29) is 11.1 Å². The minimum atomic E-state index is -1.76. The molecule has 0 N–H and O–H groups in total. The fraction of sp³-hybridized carbons (Fsp3) is 0.625. The molecule has 0 aliphatic rings. The molecule has 0 aromatic carbocycles. The number of aryl methyl sites for hydroxylation is 1. The summed E-state index contributed by atoms with van der Waals surface area (Å²) < 4.78 is 8.30. The zero-order valence-corrected chi connectivity index (χ0v) is 16.3. The van der Waals surface area contributed by atoms with Gasteiger partial charge in [0.15, 0.2) is 8.32 Å². The summed E-state index contributed by atoms with van der Waals surface area (Å²) in [7, 11) is -1.76. The van der Waals surface area contributed by atoms with Crippen LogP contribution in [-0.2, 0) is 11.0 Å². The molecule has 0 amide bonds. The van der Waals surface area contributed by atoms with E-state index in [1.807, 2.05) is 17.8 Å². The Bertz CT molecular complexity index is 676. The lowest BCUT2D eigenvalue weighted by Crippen LogP contribution is -2.44. The van der Waals surface area contributed by atoms with Crippen LogP contribution in [0.1, 0.15) is 33.3 Å². The Morgan fingerprint density at radius 2 is 2.00 bits per heavy atom. The number of fused-ring (bicyclic) bond motifs is 1. The van der Waals surface area contributed by atoms with Gasteiger partial charge >= 0.3 is 0 Å². The SMILES string of the molecule is Cc1c(Cl)cnc2cn(CC(C)O[Si](C)(C)C(C)(C)C)nc12. The molecule has 2 heterocycles. The Hall–Kier alpha value is -0.913. The third kappa shape index (κ3) is 3.53. The maximum Gasteiger partial charge on any atom is 0.192 e. The van der Waals surface area contributed by atoms with E-state index in [9.17, 15) is 0 Å². The van der Waals surface area contributed by atoms with Crippen LogP contribution < -0.4 is 0 Å². The van der Waals surface area contributed by atoms with Crippen molar-refractivity contribution in [1.29, 1.82) is 0 Å². The van der Waals surface area contributed by atoms with E-state index in [2.05, 4.69) is 50.9 Å². The molecule has 2 rings (SSSR count). The van der Waals surface area contributed by atoms with E-state index < -0.39 is 8.32 Å². The predicted molar refractivity (Wildman–Crippen MR) is 95.0 cm³/mol. The van der Waals surface area contributed by atoms with Crippen molar-refractivity contribution in [3.8, 4) is 0 Å². The van der Waals surface area contributed by atoms with E-state index in [0.717, 1.165) is 23.1 Å². The van der Waals surface area contributed by atoms with Crippen LogP contribution >= 0.6 is 11.6 Å². The maximum atomic E-state index is 6.39. The Kier molecular flexibility index (Phi) is 4.71. The Balaban J connectivity index is 2.16. The second kappa shape index (κ2) is 5.94. The van der Waals surface area contributed by atoms with E-state index in [0.29, 0.717) is 5.02 Å². The fourth-order valence-corrected chi connectivity index (χ4v) is 3.75. The molecule has 0 saturated heterocycles. The highest BCUT2D eigenvalue weighted by atomic mass is 35.5. The number of aromatic nitrogens is 3. The highest BCUT2D eigenvalue weighted by Crippen LogP contribution is 2.37. The number of nitrogens with zero attached hydrogens (tertiary/aromatic N) is 3. The van der Waals surface area contributed by atoms with Crippen LogP contribution in [0, 0.1) is 6.92 Å². The van der Waals surface area contributed by atoms with Crippen LogP contribution in [0.5, 0.6) is 0 Å². The van der Waals surface area contributed by atoms with E-state index in [4.69, 9.17) is 16.0 Å². The zero-order chi connectivity index (χ0) is 16.7. The summed E-state index contributed by atoms with van der Waals surface area (Å²) in [5, 5.41) is 5.48. The van der Waals surface area contributed by atoms with Crippen molar-refractivity contribution in [2.24, 2.45) is 0 Å². The number of hydrogen-bond donors (Lipinski definition) is 0. The molecule has 0 saturated carbocycles.